The number of aliphatic hydroxyl groups is 2. The Morgan fingerprint density at radius 2 is 1.96 bits per heavy atom. The van der Waals surface area contributed by atoms with Crippen LogP contribution in [0, 0.1) is 28.6 Å². The van der Waals surface area contributed by atoms with Crippen LogP contribution in [-0.2, 0) is 4.79 Å². The molecule has 0 aromatic rings. The van der Waals surface area contributed by atoms with Gasteiger partial charge in [0.25, 0.3) is 0 Å². The zero-order valence-electron chi connectivity index (χ0n) is 14.6. The Hall–Kier alpha value is -0.640. The molecule has 0 radical (unpaired) electrons. The van der Waals surface area contributed by atoms with Crippen LogP contribution in [0.4, 0.5) is 0 Å². The van der Waals surface area contributed by atoms with E-state index in [9.17, 15) is 15.0 Å². The third-order valence-electron chi connectivity index (χ3n) is 7.92. The van der Waals surface area contributed by atoms with Crippen LogP contribution in [-0.4, -0.2) is 33.1 Å². The summed E-state index contributed by atoms with van der Waals surface area (Å²) in [7, 11) is 0. The summed E-state index contributed by atoms with van der Waals surface area (Å²) in [5.74, 6) is 0.709. The van der Waals surface area contributed by atoms with Gasteiger partial charge in [0.2, 0.25) is 0 Å². The first-order valence-corrected chi connectivity index (χ1v) is 9.51. The van der Waals surface area contributed by atoms with Crippen molar-refractivity contribution in [1.29, 1.82) is 0 Å². The number of aliphatic hydroxyl groups excluding tert-OH is 2. The smallest absolute Gasteiger partial charge is 0.178 e. The fourth-order valence-corrected chi connectivity index (χ4v) is 7.08. The van der Waals surface area contributed by atoms with Gasteiger partial charge in [-0.15, -0.1) is 11.6 Å². The number of fused-ring (bicyclic) bond motifs is 5. The number of hydrogen-bond acceptors (Lipinski definition) is 3. The van der Waals surface area contributed by atoms with Crippen LogP contribution in [0.3, 0.4) is 0 Å². The van der Waals surface area contributed by atoms with Gasteiger partial charge in [-0.3, -0.25) is 4.79 Å². The van der Waals surface area contributed by atoms with Crippen LogP contribution in [0.15, 0.2) is 23.8 Å². The molecule has 8 atom stereocenters. The molecule has 0 aromatic carbocycles. The number of alkyl halides is 1. The van der Waals surface area contributed by atoms with Gasteiger partial charge in [0.15, 0.2) is 5.78 Å². The molecule has 24 heavy (non-hydrogen) atoms. The van der Waals surface area contributed by atoms with Crippen molar-refractivity contribution in [1.82, 2.24) is 0 Å². The van der Waals surface area contributed by atoms with Crippen LogP contribution in [0.2, 0.25) is 0 Å². The van der Waals surface area contributed by atoms with Crippen molar-refractivity contribution in [2.75, 3.05) is 0 Å². The summed E-state index contributed by atoms with van der Waals surface area (Å²) in [6, 6.07) is 0. The average Bonchev–Trinajstić information content (AvgIpc) is 2.74. The van der Waals surface area contributed by atoms with E-state index < -0.39 is 16.4 Å². The van der Waals surface area contributed by atoms with Crippen molar-refractivity contribution in [2.24, 2.45) is 28.6 Å². The summed E-state index contributed by atoms with van der Waals surface area (Å²) in [6.07, 6.45) is 7.36. The van der Waals surface area contributed by atoms with Crippen LogP contribution in [0.5, 0.6) is 0 Å². The SMILES string of the molecule is C[C@@H]1C[C@H]2[C@@H]3CCC4=CC(=O)C=C[C@]4(C)[C@@]3(Cl)[C@@H](O)C[C@]2(C)[C@@H]1O. The lowest BCUT2D eigenvalue weighted by molar-refractivity contribution is -0.118. The van der Waals surface area contributed by atoms with E-state index in [-0.39, 0.29) is 29.1 Å². The molecule has 4 aliphatic carbocycles. The van der Waals surface area contributed by atoms with E-state index in [1.165, 1.54) is 0 Å². The molecule has 2 N–H and O–H groups in total. The first-order valence-electron chi connectivity index (χ1n) is 9.14. The summed E-state index contributed by atoms with van der Waals surface area (Å²) in [5, 5.41) is 21.9. The molecule has 0 spiro atoms. The minimum atomic E-state index is -0.803. The molecule has 4 rings (SSSR count). The lowest BCUT2D eigenvalue weighted by atomic mass is 9.47. The molecule has 0 aromatic heterocycles. The molecular formula is C20H27ClO3. The second kappa shape index (κ2) is 4.96. The molecule has 132 valence electrons. The van der Waals surface area contributed by atoms with Crippen LogP contribution in [0.1, 0.15) is 46.5 Å². The van der Waals surface area contributed by atoms with Crippen molar-refractivity contribution in [2.45, 2.75) is 63.5 Å². The largest absolute Gasteiger partial charge is 0.392 e. The van der Waals surface area contributed by atoms with Crippen molar-refractivity contribution in [3.8, 4) is 0 Å². The molecule has 3 saturated carbocycles. The lowest BCUT2D eigenvalue weighted by Crippen LogP contribution is -2.66. The summed E-state index contributed by atoms with van der Waals surface area (Å²) < 4.78 is 0. The van der Waals surface area contributed by atoms with Crippen LogP contribution < -0.4 is 0 Å². The monoisotopic (exact) mass is 350 g/mol. The van der Waals surface area contributed by atoms with Crippen molar-refractivity contribution in [3.05, 3.63) is 23.8 Å². The number of rotatable bonds is 0. The number of halogens is 1. The highest BCUT2D eigenvalue weighted by molar-refractivity contribution is 6.26. The highest BCUT2D eigenvalue weighted by Crippen LogP contribution is 2.69. The first kappa shape index (κ1) is 16.8. The Kier molecular flexibility index (Phi) is 3.47. The van der Waals surface area contributed by atoms with Crippen LogP contribution >= 0.6 is 11.6 Å². The Labute approximate surface area is 148 Å². The maximum absolute atomic E-state index is 11.8. The fraction of sp³-hybridized carbons (Fsp3) is 0.750. The Morgan fingerprint density at radius 3 is 2.67 bits per heavy atom. The molecular weight excluding hydrogens is 324 g/mol. The van der Waals surface area contributed by atoms with Crippen molar-refractivity contribution >= 4 is 17.4 Å². The van der Waals surface area contributed by atoms with E-state index in [4.69, 9.17) is 11.6 Å². The number of allylic oxidation sites excluding steroid dienone is 4. The standard InChI is InChI=1S/C20H27ClO3/c1-11-8-15-14-5-4-12-9-13(22)6-7-19(12,3)20(14,21)16(23)10-18(15,2)17(11)24/h6-7,9,11,14-17,23-24H,4-5,8,10H2,1-3H3/t11-,14+,15+,16+,17-,18+,19+,20+/m1/s1. The Bertz CT molecular complexity index is 655. The topological polar surface area (TPSA) is 57.5 Å². The molecule has 0 bridgehead atoms. The van der Waals surface area contributed by atoms with Gasteiger partial charge in [0.1, 0.15) is 0 Å². The zero-order valence-corrected chi connectivity index (χ0v) is 15.4. The number of carbonyl (C=O) groups excluding carboxylic acids is 1. The molecule has 4 heteroatoms. The van der Waals surface area contributed by atoms with Gasteiger partial charge < -0.3 is 10.2 Å². The number of hydrogen-bond donors (Lipinski definition) is 2. The second-order valence-electron chi connectivity index (χ2n) is 9.01. The molecule has 0 unspecified atom stereocenters. The van der Waals surface area contributed by atoms with Gasteiger partial charge in [-0.1, -0.05) is 32.4 Å². The summed E-state index contributed by atoms with van der Waals surface area (Å²) >= 11 is 7.28. The Balaban J connectivity index is 1.83. The predicted molar refractivity (Wildman–Crippen MR) is 93.7 cm³/mol. The van der Waals surface area contributed by atoms with E-state index >= 15 is 0 Å². The van der Waals surface area contributed by atoms with Crippen molar-refractivity contribution in [3.63, 3.8) is 0 Å². The first-order chi connectivity index (χ1) is 11.1. The number of ketones is 1. The molecule has 0 aliphatic heterocycles. The Morgan fingerprint density at radius 1 is 1.25 bits per heavy atom. The quantitative estimate of drug-likeness (QED) is 0.659. The van der Waals surface area contributed by atoms with Gasteiger partial charge in [-0.25, -0.2) is 0 Å². The van der Waals surface area contributed by atoms with E-state index in [2.05, 4.69) is 20.8 Å². The molecule has 0 heterocycles. The second-order valence-corrected chi connectivity index (χ2v) is 9.64. The summed E-state index contributed by atoms with van der Waals surface area (Å²) in [5.41, 5.74) is 0.284. The minimum Gasteiger partial charge on any atom is -0.392 e. The van der Waals surface area contributed by atoms with Gasteiger partial charge in [-0.2, -0.15) is 0 Å². The van der Waals surface area contributed by atoms with Gasteiger partial charge in [0, 0.05) is 5.41 Å². The van der Waals surface area contributed by atoms with E-state index in [1.54, 1.807) is 12.2 Å². The maximum Gasteiger partial charge on any atom is 0.178 e. The molecule has 3 fully saturated rings. The van der Waals surface area contributed by atoms with Gasteiger partial charge in [0.05, 0.1) is 17.1 Å². The third kappa shape index (κ3) is 1.79. The number of carbonyl (C=O) groups is 1. The predicted octanol–water partition coefficient (Wildman–Crippen LogP) is 3.23. The lowest BCUT2D eigenvalue weighted by Gasteiger charge is -2.63. The molecule has 3 nitrogen and oxygen atoms in total. The van der Waals surface area contributed by atoms with Crippen molar-refractivity contribution < 1.29 is 15.0 Å². The van der Waals surface area contributed by atoms with E-state index in [0.717, 1.165) is 24.8 Å². The van der Waals surface area contributed by atoms with E-state index in [0.29, 0.717) is 12.3 Å². The molecule has 4 aliphatic rings. The maximum atomic E-state index is 11.8. The third-order valence-corrected chi connectivity index (χ3v) is 8.84. The molecule has 0 saturated heterocycles. The average molecular weight is 351 g/mol. The van der Waals surface area contributed by atoms with E-state index in [1.807, 2.05) is 6.08 Å². The van der Waals surface area contributed by atoms with Gasteiger partial charge in [-0.05, 0) is 61.0 Å². The normalized spacial score (nSPS) is 56.3. The summed E-state index contributed by atoms with van der Waals surface area (Å²) in [4.78, 5) is 11.0. The highest BCUT2D eigenvalue weighted by Gasteiger charge is 2.69. The highest BCUT2D eigenvalue weighted by atomic mass is 35.5. The van der Waals surface area contributed by atoms with Gasteiger partial charge >= 0.3 is 0 Å². The zero-order chi connectivity index (χ0) is 17.5. The molecule has 0 amide bonds. The summed E-state index contributed by atoms with van der Waals surface area (Å²) in [6.45, 7) is 6.30. The minimum absolute atomic E-state index is 0.0150. The fourth-order valence-electron chi connectivity index (χ4n) is 6.55. The van der Waals surface area contributed by atoms with Crippen LogP contribution in [0.25, 0.3) is 0 Å².